The van der Waals surface area contributed by atoms with Gasteiger partial charge in [-0.05, 0) is 31.0 Å². The van der Waals surface area contributed by atoms with Gasteiger partial charge in [0.25, 0.3) is 5.91 Å². The molecule has 0 saturated heterocycles. The predicted octanol–water partition coefficient (Wildman–Crippen LogP) is 2.08. The van der Waals surface area contributed by atoms with Gasteiger partial charge in [-0.25, -0.2) is 0 Å². The first-order chi connectivity index (χ1) is 9.49. The van der Waals surface area contributed by atoms with Crippen LogP contribution in [0.5, 0.6) is 0 Å². The van der Waals surface area contributed by atoms with Crippen LogP contribution in [-0.4, -0.2) is 34.5 Å². The number of carboxylic acids is 1. The third-order valence-corrected chi connectivity index (χ3v) is 3.15. The lowest BCUT2D eigenvalue weighted by Gasteiger charge is -2.27. The number of rotatable bonds is 6. The number of carbonyl (C=O) groups is 2. The Kier molecular flexibility index (Phi) is 5.73. The molecule has 0 fully saturated rings. The number of nitrogens with zero attached hydrogens (tertiary/aromatic N) is 2. The second-order valence-electron chi connectivity index (χ2n) is 4.62. The average molecular weight is 274 g/mol. The molecule has 5 heteroatoms. The second kappa shape index (κ2) is 7.29. The van der Waals surface area contributed by atoms with E-state index in [0.29, 0.717) is 12.0 Å². The van der Waals surface area contributed by atoms with Gasteiger partial charge in [0.1, 0.15) is 6.54 Å². The van der Waals surface area contributed by atoms with Crippen LogP contribution >= 0.6 is 0 Å². The Morgan fingerprint density at radius 3 is 2.70 bits per heavy atom. The molecule has 0 aliphatic rings. The summed E-state index contributed by atoms with van der Waals surface area (Å²) in [5, 5.41) is 17.6. The first-order valence-corrected chi connectivity index (χ1v) is 6.48. The Morgan fingerprint density at radius 1 is 1.45 bits per heavy atom. The van der Waals surface area contributed by atoms with Gasteiger partial charge >= 0.3 is 5.97 Å². The summed E-state index contributed by atoms with van der Waals surface area (Å²) in [7, 11) is 0. The first kappa shape index (κ1) is 15.7. The highest BCUT2D eigenvalue weighted by Gasteiger charge is 2.22. The fraction of sp³-hybridized carbons (Fsp3) is 0.400. The maximum atomic E-state index is 12.4. The van der Waals surface area contributed by atoms with Gasteiger partial charge in [0.15, 0.2) is 0 Å². The largest absolute Gasteiger partial charge is 0.480 e. The van der Waals surface area contributed by atoms with Crippen LogP contribution in [0.4, 0.5) is 0 Å². The van der Waals surface area contributed by atoms with Crippen molar-refractivity contribution in [3.8, 4) is 6.07 Å². The van der Waals surface area contributed by atoms with Crippen molar-refractivity contribution in [1.82, 2.24) is 4.90 Å². The van der Waals surface area contributed by atoms with E-state index in [4.69, 9.17) is 10.4 Å². The van der Waals surface area contributed by atoms with Crippen LogP contribution in [0.3, 0.4) is 0 Å². The van der Waals surface area contributed by atoms with E-state index >= 15 is 0 Å². The number of carboxylic acid groups (broad SMARTS) is 1. The molecule has 5 nitrogen and oxygen atoms in total. The minimum Gasteiger partial charge on any atom is -0.480 e. The normalized spacial score (nSPS) is 11.4. The molecule has 0 aliphatic carbocycles. The van der Waals surface area contributed by atoms with E-state index in [2.05, 4.69) is 0 Å². The summed E-state index contributed by atoms with van der Waals surface area (Å²) in [4.78, 5) is 24.7. The van der Waals surface area contributed by atoms with Crippen molar-refractivity contribution in [2.24, 2.45) is 0 Å². The molecule has 0 aromatic heterocycles. The molecule has 106 valence electrons. The zero-order chi connectivity index (χ0) is 15.1. The van der Waals surface area contributed by atoms with Gasteiger partial charge in [-0.3, -0.25) is 9.59 Å². The summed E-state index contributed by atoms with van der Waals surface area (Å²) >= 11 is 0. The van der Waals surface area contributed by atoms with Crippen molar-refractivity contribution in [3.63, 3.8) is 0 Å². The number of aliphatic carboxylic acids is 1. The van der Waals surface area contributed by atoms with E-state index in [1.165, 1.54) is 4.90 Å². The highest BCUT2D eigenvalue weighted by atomic mass is 16.4. The number of nitriles is 1. The second-order valence-corrected chi connectivity index (χ2v) is 4.62. The molecule has 1 unspecified atom stereocenters. The average Bonchev–Trinajstić information content (AvgIpc) is 2.43. The van der Waals surface area contributed by atoms with Crippen LogP contribution in [-0.2, 0) is 11.2 Å². The van der Waals surface area contributed by atoms with E-state index in [0.717, 1.165) is 5.56 Å². The van der Waals surface area contributed by atoms with Crippen LogP contribution < -0.4 is 0 Å². The van der Waals surface area contributed by atoms with Crippen molar-refractivity contribution in [1.29, 1.82) is 5.26 Å². The topological polar surface area (TPSA) is 81.4 Å². The summed E-state index contributed by atoms with van der Waals surface area (Å²) < 4.78 is 0. The SMILES string of the molecule is CCC(C)N(CC(=O)O)C(=O)c1cccc(CC#N)c1. The van der Waals surface area contributed by atoms with Gasteiger partial charge < -0.3 is 10.0 Å². The summed E-state index contributed by atoms with van der Waals surface area (Å²) in [6, 6.07) is 8.63. The van der Waals surface area contributed by atoms with Crippen LogP contribution in [0, 0.1) is 11.3 Å². The molecule has 0 spiro atoms. The standard InChI is InChI=1S/C15H18N2O3/c1-3-11(2)17(10-14(18)19)15(20)13-6-4-5-12(9-13)7-8-16/h4-6,9,11H,3,7,10H2,1-2H3,(H,18,19). The molecule has 0 saturated carbocycles. The van der Waals surface area contributed by atoms with Gasteiger partial charge in [-0.1, -0.05) is 19.1 Å². The molecule has 0 heterocycles. The highest BCUT2D eigenvalue weighted by molar-refractivity contribution is 5.96. The Hall–Kier alpha value is -2.35. The lowest BCUT2D eigenvalue weighted by molar-refractivity contribution is -0.138. The number of hydrogen-bond donors (Lipinski definition) is 1. The Balaban J connectivity index is 3.02. The van der Waals surface area contributed by atoms with Gasteiger partial charge in [-0.15, -0.1) is 0 Å². The number of carbonyl (C=O) groups excluding carboxylic acids is 1. The molecule has 1 amide bonds. The zero-order valence-electron chi connectivity index (χ0n) is 11.7. The third kappa shape index (κ3) is 4.09. The first-order valence-electron chi connectivity index (χ1n) is 6.48. The molecule has 1 rings (SSSR count). The summed E-state index contributed by atoms with van der Waals surface area (Å²) in [5.74, 6) is -1.35. The number of hydrogen-bond acceptors (Lipinski definition) is 3. The predicted molar refractivity (Wildman–Crippen MR) is 74.2 cm³/mol. The molecular formula is C15H18N2O3. The van der Waals surface area contributed by atoms with Crippen LogP contribution in [0.25, 0.3) is 0 Å². The minimum absolute atomic E-state index is 0.154. The van der Waals surface area contributed by atoms with E-state index in [1.807, 2.05) is 19.9 Å². The van der Waals surface area contributed by atoms with Crippen LogP contribution in [0.15, 0.2) is 24.3 Å². The van der Waals surface area contributed by atoms with Crippen LogP contribution in [0.2, 0.25) is 0 Å². The quantitative estimate of drug-likeness (QED) is 0.861. The Bertz CT molecular complexity index is 534. The maximum absolute atomic E-state index is 12.4. The summed E-state index contributed by atoms with van der Waals surface area (Å²) in [6.07, 6.45) is 0.903. The minimum atomic E-state index is -1.04. The van der Waals surface area contributed by atoms with Crippen molar-refractivity contribution in [2.75, 3.05) is 6.54 Å². The maximum Gasteiger partial charge on any atom is 0.323 e. The monoisotopic (exact) mass is 274 g/mol. The number of benzene rings is 1. The number of amides is 1. The third-order valence-electron chi connectivity index (χ3n) is 3.15. The lowest BCUT2D eigenvalue weighted by Crippen LogP contribution is -2.41. The Labute approximate surface area is 118 Å². The lowest BCUT2D eigenvalue weighted by atomic mass is 10.1. The van der Waals surface area contributed by atoms with E-state index in [-0.39, 0.29) is 24.9 Å². The van der Waals surface area contributed by atoms with E-state index in [9.17, 15) is 9.59 Å². The molecule has 0 radical (unpaired) electrons. The van der Waals surface area contributed by atoms with Gasteiger partial charge in [0.05, 0.1) is 12.5 Å². The van der Waals surface area contributed by atoms with Crippen LogP contribution in [0.1, 0.15) is 36.2 Å². The molecule has 0 aliphatic heterocycles. The molecule has 1 aromatic rings. The van der Waals surface area contributed by atoms with Gasteiger partial charge in [-0.2, -0.15) is 5.26 Å². The molecule has 1 N–H and O–H groups in total. The van der Waals surface area contributed by atoms with E-state index < -0.39 is 5.97 Å². The molecule has 1 aromatic carbocycles. The summed E-state index contributed by atoms with van der Waals surface area (Å²) in [6.45, 7) is 3.40. The van der Waals surface area contributed by atoms with Gasteiger partial charge in [0.2, 0.25) is 0 Å². The molecule has 0 bridgehead atoms. The smallest absolute Gasteiger partial charge is 0.323 e. The fourth-order valence-corrected chi connectivity index (χ4v) is 1.87. The fourth-order valence-electron chi connectivity index (χ4n) is 1.87. The highest BCUT2D eigenvalue weighted by Crippen LogP contribution is 2.13. The zero-order valence-corrected chi connectivity index (χ0v) is 11.7. The van der Waals surface area contributed by atoms with Crippen molar-refractivity contribution in [2.45, 2.75) is 32.7 Å². The molecule has 1 atom stereocenters. The summed E-state index contributed by atoms with van der Waals surface area (Å²) in [5.41, 5.74) is 1.16. The molecule has 20 heavy (non-hydrogen) atoms. The van der Waals surface area contributed by atoms with E-state index in [1.54, 1.807) is 24.3 Å². The molecular weight excluding hydrogens is 256 g/mol. The van der Waals surface area contributed by atoms with Gasteiger partial charge in [0, 0.05) is 11.6 Å². The Morgan fingerprint density at radius 2 is 2.15 bits per heavy atom. The van der Waals surface area contributed by atoms with Crippen molar-refractivity contribution >= 4 is 11.9 Å². The van der Waals surface area contributed by atoms with Crippen molar-refractivity contribution in [3.05, 3.63) is 35.4 Å². The van der Waals surface area contributed by atoms with Crippen molar-refractivity contribution < 1.29 is 14.7 Å².